The molecule has 0 aromatic heterocycles. The maximum atomic E-state index is 14.7. The molecule has 0 bridgehead atoms. The fraction of sp³-hybridized carbons (Fsp3) is 0.259. The zero-order valence-corrected chi connectivity index (χ0v) is 18.2. The highest BCUT2D eigenvalue weighted by Gasteiger charge is 2.32. The first-order valence-corrected chi connectivity index (χ1v) is 11.3. The minimum absolute atomic E-state index is 0.0410. The molecule has 33 heavy (non-hydrogen) atoms. The lowest BCUT2D eigenvalue weighted by Gasteiger charge is -2.37. The lowest BCUT2D eigenvalue weighted by atomic mass is 9.76. The van der Waals surface area contributed by atoms with Crippen LogP contribution in [-0.4, -0.2) is 36.4 Å². The van der Waals surface area contributed by atoms with Crippen LogP contribution in [0.3, 0.4) is 0 Å². The van der Waals surface area contributed by atoms with Crippen LogP contribution < -0.4 is 10.1 Å². The predicted octanol–water partition coefficient (Wildman–Crippen LogP) is 4.84. The van der Waals surface area contributed by atoms with Crippen molar-refractivity contribution in [1.29, 1.82) is 0 Å². The summed E-state index contributed by atoms with van der Waals surface area (Å²) >= 11 is 0. The van der Waals surface area contributed by atoms with Gasteiger partial charge in [0.25, 0.3) is 11.8 Å². The number of carbonyl (C=O) groups is 2. The minimum atomic E-state index is -0.636. The molecule has 2 heterocycles. The molecule has 1 N–H and O–H groups in total. The molecular formula is C27H25FN2O3. The van der Waals surface area contributed by atoms with Gasteiger partial charge in [0.15, 0.2) is 6.61 Å². The molecule has 3 aromatic carbocycles. The number of rotatable bonds is 4. The van der Waals surface area contributed by atoms with Crippen LogP contribution in [0.2, 0.25) is 0 Å². The molecule has 0 aliphatic carbocycles. The molecule has 1 fully saturated rings. The largest absolute Gasteiger partial charge is 0.481 e. The van der Waals surface area contributed by atoms with E-state index >= 15 is 0 Å². The molecule has 2 amide bonds. The van der Waals surface area contributed by atoms with Crippen LogP contribution in [0.15, 0.2) is 72.8 Å². The smallest absolute Gasteiger partial charge is 0.262 e. The van der Waals surface area contributed by atoms with Gasteiger partial charge in [-0.2, -0.15) is 0 Å². The van der Waals surface area contributed by atoms with Gasteiger partial charge < -0.3 is 15.0 Å². The molecule has 5 nitrogen and oxygen atoms in total. The van der Waals surface area contributed by atoms with Crippen molar-refractivity contribution in [3.8, 4) is 5.75 Å². The Kier molecular flexibility index (Phi) is 5.82. The quantitative estimate of drug-likeness (QED) is 0.626. The summed E-state index contributed by atoms with van der Waals surface area (Å²) in [6.07, 6.45) is 1.65. The van der Waals surface area contributed by atoms with Gasteiger partial charge in [-0.1, -0.05) is 60.7 Å². The third kappa shape index (κ3) is 4.33. The second-order valence-electron chi connectivity index (χ2n) is 8.59. The Morgan fingerprint density at radius 1 is 0.970 bits per heavy atom. The zero-order chi connectivity index (χ0) is 22.8. The van der Waals surface area contributed by atoms with Crippen molar-refractivity contribution < 1.29 is 18.7 Å². The van der Waals surface area contributed by atoms with Crippen LogP contribution in [0.25, 0.3) is 0 Å². The van der Waals surface area contributed by atoms with Gasteiger partial charge >= 0.3 is 0 Å². The summed E-state index contributed by atoms with van der Waals surface area (Å²) < 4.78 is 19.9. The molecule has 0 spiro atoms. The monoisotopic (exact) mass is 444 g/mol. The summed E-state index contributed by atoms with van der Waals surface area (Å²) in [6, 6.07) is 23.5. The lowest BCUT2D eigenvalue weighted by Crippen LogP contribution is -2.40. The summed E-state index contributed by atoms with van der Waals surface area (Å²) in [5, 5.41) is 2.64. The number of fused-ring (bicyclic) bond motifs is 1. The number of piperidine rings is 1. The highest BCUT2D eigenvalue weighted by Crippen LogP contribution is 2.38. The van der Waals surface area contributed by atoms with Gasteiger partial charge in [0.1, 0.15) is 11.6 Å². The number of ether oxygens (including phenoxy) is 1. The van der Waals surface area contributed by atoms with Crippen molar-refractivity contribution in [1.82, 2.24) is 4.90 Å². The maximum Gasteiger partial charge on any atom is 0.262 e. The zero-order valence-electron chi connectivity index (χ0n) is 18.2. The average Bonchev–Trinajstić information content (AvgIpc) is 2.85. The number of halogens is 1. The van der Waals surface area contributed by atoms with Crippen LogP contribution >= 0.6 is 0 Å². The number of benzene rings is 3. The highest BCUT2D eigenvalue weighted by molar-refractivity contribution is 6.00. The van der Waals surface area contributed by atoms with E-state index in [4.69, 9.17) is 4.74 Å². The van der Waals surface area contributed by atoms with E-state index in [0.29, 0.717) is 24.7 Å². The SMILES string of the molecule is O=C1COc2cc(F)c(C(=O)N3CCC(C(c4ccccc4)c4ccccc4)CC3)cc2N1. The van der Waals surface area contributed by atoms with Crippen molar-refractivity contribution in [2.75, 3.05) is 25.0 Å². The number of anilines is 1. The van der Waals surface area contributed by atoms with Crippen LogP contribution in [0.5, 0.6) is 5.75 Å². The Hall–Kier alpha value is -3.67. The third-order valence-corrected chi connectivity index (χ3v) is 6.55. The second-order valence-corrected chi connectivity index (χ2v) is 8.59. The molecule has 0 unspecified atom stereocenters. The third-order valence-electron chi connectivity index (χ3n) is 6.55. The van der Waals surface area contributed by atoms with E-state index in [2.05, 4.69) is 53.8 Å². The molecule has 168 valence electrons. The lowest BCUT2D eigenvalue weighted by molar-refractivity contribution is -0.118. The number of likely N-dealkylation sites (tertiary alicyclic amines) is 1. The first-order chi connectivity index (χ1) is 16.1. The highest BCUT2D eigenvalue weighted by atomic mass is 19.1. The van der Waals surface area contributed by atoms with Gasteiger partial charge in [0, 0.05) is 25.1 Å². The minimum Gasteiger partial charge on any atom is -0.481 e. The summed E-state index contributed by atoms with van der Waals surface area (Å²) in [5.74, 6) is -0.442. The Balaban J connectivity index is 1.34. The van der Waals surface area contributed by atoms with E-state index in [9.17, 15) is 14.0 Å². The molecule has 0 saturated carbocycles. The van der Waals surface area contributed by atoms with Crippen molar-refractivity contribution in [3.63, 3.8) is 0 Å². The van der Waals surface area contributed by atoms with Crippen LogP contribution in [0.4, 0.5) is 10.1 Å². The topological polar surface area (TPSA) is 58.6 Å². The first kappa shape index (κ1) is 21.2. The number of carbonyl (C=O) groups excluding carboxylic acids is 2. The van der Waals surface area contributed by atoms with Crippen LogP contribution in [0, 0.1) is 11.7 Å². The second kappa shape index (κ2) is 9.06. The van der Waals surface area contributed by atoms with E-state index in [0.717, 1.165) is 12.8 Å². The van der Waals surface area contributed by atoms with E-state index in [-0.39, 0.29) is 35.7 Å². The molecular weight excluding hydrogens is 419 g/mol. The molecule has 3 aromatic rings. The molecule has 0 radical (unpaired) electrons. The Labute approximate surface area is 192 Å². The molecule has 2 aliphatic rings. The van der Waals surface area contributed by atoms with Gasteiger partial charge in [0.05, 0.1) is 11.3 Å². The fourth-order valence-electron chi connectivity index (χ4n) is 4.93. The average molecular weight is 445 g/mol. The van der Waals surface area contributed by atoms with Gasteiger partial charge in [-0.25, -0.2) is 4.39 Å². The van der Waals surface area contributed by atoms with Crippen molar-refractivity contribution in [3.05, 3.63) is 95.3 Å². The Morgan fingerprint density at radius 2 is 1.58 bits per heavy atom. The van der Waals surface area contributed by atoms with Gasteiger partial charge in [0.2, 0.25) is 0 Å². The number of amides is 2. The Morgan fingerprint density at radius 3 is 2.18 bits per heavy atom. The number of nitrogens with zero attached hydrogens (tertiary/aromatic N) is 1. The van der Waals surface area contributed by atoms with Gasteiger partial charge in [-0.05, 0) is 36.0 Å². The van der Waals surface area contributed by atoms with Crippen LogP contribution in [0.1, 0.15) is 40.2 Å². The van der Waals surface area contributed by atoms with E-state index in [1.54, 1.807) is 4.90 Å². The van der Waals surface area contributed by atoms with E-state index < -0.39 is 5.82 Å². The van der Waals surface area contributed by atoms with Gasteiger partial charge in [-0.3, -0.25) is 9.59 Å². The molecule has 2 aliphatic heterocycles. The Bertz CT molecular complexity index is 1120. The normalized spacial score (nSPS) is 16.2. The van der Waals surface area contributed by atoms with E-state index in [1.165, 1.54) is 23.3 Å². The summed E-state index contributed by atoms with van der Waals surface area (Å²) in [7, 11) is 0. The van der Waals surface area contributed by atoms with Gasteiger partial charge in [-0.15, -0.1) is 0 Å². The first-order valence-electron chi connectivity index (χ1n) is 11.3. The molecule has 5 rings (SSSR count). The molecule has 0 atom stereocenters. The maximum absolute atomic E-state index is 14.7. The number of hydrogen-bond acceptors (Lipinski definition) is 3. The predicted molar refractivity (Wildman–Crippen MR) is 124 cm³/mol. The fourth-order valence-corrected chi connectivity index (χ4v) is 4.93. The van der Waals surface area contributed by atoms with Crippen molar-refractivity contribution in [2.45, 2.75) is 18.8 Å². The summed E-state index contributed by atoms with van der Waals surface area (Å²) in [6.45, 7) is 0.954. The van der Waals surface area contributed by atoms with Crippen LogP contribution in [-0.2, 0) is 4.79 Å². The number of hydrogen-bond donors (Lipinski definition) is 1. The number of nitrogens with one attached hydrogen (secondary N) is 1. The molecule has 1 saturated heterocycles. The molecule has 6 heteroatoms. The summed E-state index contributed by atoms with van der Waals surface area (Å²) in [5.41, 5.74) is 2.83. The van der Waals surface area contributed by atoms with Crippen molar-refractivity contribution in [2.24, 2.45) is 5.92 Å². The summed E-state index contributed by atoms with van der Waals surface area (Å²) in [4.78, 5) is 26.4. The standard InChI is InChI=1S/C27H25FN2O3/c28-22-16-24-23(29-25(31)17-33-24)15-21(22)27(32)30-13-11-20(12-14-30)26(18-7-3-1-4-8-18)19-9-5-2-6-10-19/h1-10,15-16,20,26H,11-14,17H2,(H,29,31). The van der Waals surface area contributed by atoms with Crippen molar-refractivity contribution >= 4 is 17.5 Å². The van der Waals surface area contributed by atoms with E-state index in [1.807, 2.05) is 12.1 Å².